The number of hydrogen-bond donors (Lipinski definition) is 0. The Hall–Kier alpha value is -1.31. The molecule has 1 aromatic carbocycles. The van der Waals surface area contributed by atoms with Crippen LogP contribution in [-0.2, 0) is 16.0 Å². The smallest absolute Gasteiger partial charge is 0.313 e. The first-order valence-corrected chi connectivity index (χ1v) is 5.98. The molecule has 1 aliphatic rings. The van der Waals surface area contributed by atoms with Crippen LogP contribution in [0.2, 0.25) is 0 Å². The highest BCUT2D eigenvalue weighted by atomic mass is 16.5. The van der Waals surface area contributed by atoms with E-state index in [-0.39, 0.29) is 11.9 Å². The van der Waals surface area contributed by atoms with E-state index in [1.807, 2.05) is 19.1 Å². The number of hydrogen-bond acceptors (Lipinski definition) is 2. The molecular weight excluding hydrogens is 200 g/mol. The van der Waals surface area contributed by atoms with E-state index in [0.717, 1.165) is 12.8 Å². The Balaban J connectivity index is 2.33. The Morgan fingerprint density at radius 3 is 2.94 bits per heavy atom. The van der Waals surface area contributed by atoms with Crippen molar-refractivity contribution in [1.82, 2.24) is 0 Å². The van der Waals surface area contributed by atoms with Crippen molar-refractivity contribution in [3.05, 3.63) is 35.4 Å². The Morgan fingerprint density at radius 1 is 1.44 bits per heavy atom. The Labute approximate surface area is 96.6 Å². The van der Waals surface area contributed by atoms with E-state index in [0.29, 0.717) is 12.5 Å². The van der Waals surface area contributed by atoms with Gasteiger partial charge in [0, 0.05) is 0 Å². The Kier molecular flexibility index (Phi) is 3.28. The zero-order chi connectivity index (χ0) is 11.5. The molecule has 0 bridgehead atoms. The van der Waals surface area contributed by atoms with E-state index in [4.69, 9.17) is 4.74 Å². The number of ether oxygens (including phenoxy) is 1. The first-order chi connectivity index (χ1) is 7.74. The van der Waals surface area contributed by atoms with Gasteiger partial charge in [-0.2, -0.15) is 0 Å². The molecule has 0 fully saturated rings. The van der Waals surface area contributed by atoms with E-state index in [1.165, 1.54) is 11.1 Å². The molecule has 1 aliphatic carbocycles. The Morgan fingerprint density at radius 2 is 2.19 bits per heavy atom. The van der Waals surface area contributed by atoms with Crippen LogP contribution in [0.25, 0.3) is 0 Å². The highest BCUT2D eigenvalue weighted by Gasteiger charge is 2.32. The summed E-state index contributed by atoms with van der Waals surface area (Å²) in [6, 6.07) is 8.22. The molecular formula is C14H18O2. The van der Waals surface area contributed by atoms with E-state index in [2.05, 4.69) is 19.1 Å². The largest absolute Gasteiger partial charge is 0.466 e. The van der Waals surface area contributed by atoms with Crippen LogP contribution in [0.5, 0.6) is 0 Å². The maximum atomic E-state index is 11.9. The molecule has 16 heavy (non-hydrogen) atoms. The van der Waals surface area contributed by atoms with Crippen LogP contribution in [0, 0.1) is 5.92 Å². The van der Waals surface area contributed by atoms with Crippen LogP contribution in [-0.4, -0.2) is 12.6 Å². The van der Waals surface area contributed by atoms with Gasteiger partial charge in [0.05, 0.1) is 12.5 Å². The van der Waals surface area contributed by atoms with Crippen LogP contribution in [0.1, 0.15) is 37.3 Å². The summed E-state index contributed by atoms with van der Waals surface area (Å²) < 4.78 is 5.17. The number of benzene rings is 1. The minimum Gasteiger partial charge on any atom is -0.466 e. The first kappa shape index (κ1) is 11.2. The van der Waals surface area contributed by atoms with Crippen molar-refractivity contribution in [3.8, 4) is 0 Å². The van der Waals surface area contributed by atoms with Gasteiger partial charge in [-0.25, -0.2) is 0 Å². The monoisotopic (exact) mass is 218 g/mol. The lowest BCUT2D eigenvalue weighted by molar-refractivity contribution is -0.146. The summed E-state index contributed by atoms with van der Waals surface area (Å²) in [7, 11) is 0. The molecule has 0 radical (unpaired) electrons. The highest BCUT2D eigenvalue weighted by Crippen LogP contribution is 2.36. The van der Waals surface area contributed by atoms with Crippen LogP contribution in [0.3, 0.4) is 0 Å². The van der Waals surface area contributed by atoms with Crippen molar-refractivity contribution in [2.75, 3.05) is 6.61 Å². The van der Waals surface area contributed by atoms with Gasteiger partial charge < -0.3 is 4.74 Å². The summed E-state index contributed by atoms with van der Waals surface area (Å²) in [5, 5.41) is 0. The van der Waals surface area contributed by atoms with Crippen molar-refractivity contribution in [3.63, 3.8) is 0 Å². The number of esters is 1. The van der Waals surface area contributed by atoms with Gasteiger partial charge in [0.2, 0.25) is 0 Å². The number of fused-ring (bicyclic) bond motifs is 1. The summed E-state index contributed by atoms with van der Waals surface area (Å²) in [6.07, 6.45) is 2.15. The zero-order valence-corrected chi connectivity index (χ0v) is 9.90. The second-order valence-electron chi connectivity index (χ2n) is 4.44. The normalized spacial score (nSPS) is 23.6. The molecule has 2 unspecified atom stereocenters. The topological polar surface area (TPSA) is 26.3 Å². The van der Waals surface area contributed by atoms with Gasteiger partial charge in [-0.1, -0.05) is 31.2 Å². The summed E-state index contributed by atoms with van der Waals surface area (Å²) in [5.41, 5.74) is 2.47. The number of aryl methyl sites for hydroxylation is 1. The molecule has 0 saturated heterocycles. The first-order valence-electron chi connectivity index (χ1n) is 5.98. The SMILES string of the molecule is CCOC(=O)C1c2ccccc2CCC1C. The minimum atomic E-state index is -0.0675. The van der Waals surface area contributed by atoms with Gasteiger partial charge >= 0.3 is 5.97 Å². The fourth-order valence-electron chi connectivity index (χ4n) is 2.51. The molecule has 2 atom stereocenters. The van der Waals surface area contributed by atoms with Gasteiger partial charge in [-0.15, -0.1) is 0 Å². The minimum absolute atomic E-state index is 0.0649. The average molecular weight is 218 g/mol. The summed E-state index contributed by atoms with van der Waals surface area (Å²) in [6.45, 7) is 4.46. The summed E-state index contributed by atoms with van der Waals surface area (Å²) >= 11 is 0. The molecule has 0 heterocycles. The van der Waals surface area contributed by atoms with Crippen molar-refractivity contribution in [2.24, 2.45) is 5.92 Å². The lowest BCUT2D eigenvalue weighted by Gasteiger charge is -2.29. The Bertz CT molecular complexity index is 384. The molecule has 2 rings (SSSR count). The summed E-state index contributed by atoms with van der Waals surface area (Å²) in [4.78, 5) is 11.9. The predicted molar refractivity (Wildman–Crippen MR) is 63.3 cm³/mol. The van der Waals surface area contributed by atoms with Crippen LogP contribution in [0.4, 0.5) is 0 Å². The van der Waals surface area contributed by atoms with Gasteiger partial charge in [0.1, 0.15) is 0 Å². The van der Waals surface area contributed by atoms with Crippen molar-refractivity contribution >= 4 is 5.97 Å². The fraction of sp³-hybridized carbons (Fsp3) is 0.500. The quantitative estimate of drug-likeness (QED) is 0.713. The fourth-order valence-corrected chi connectivity index (χ4v) is 2.51. The second kappa shape index (κ2) is 4.69. The van der Waals surface area contributed by atoms with E-state index in [9.17, 15) is 4.79 Å². The lowest BCUT2D eigenvalue weighted by atomic mass is 9.76. The van der Waals surface area contributed by atoms with Crippen molar-refractivity contribution < 1.29 is 9.53 Å². The van der Waals surface area contributed by atoms with Crippen molar-refractivity contribution in [1.29, 1.82) is 0 Å². The lowest BCUT2D eigenvalue weighted by Crippen LogP contribution is -2.27. The van der Waals surface area contributed by atoms with Crippen LogP contribution in [0.15, 0.2) is 24.3 Å². The van der Waals surface area contributed by atoms with Crippen LogP contribution < -0.4 is 0 Å². The van der Waals surface area contributed by atoms with Gasteiger partial charge in [0.15, 0.2) is 0 Å². The van der Waals surface area contributed by atoms with Crippen LogP contribution >= 0.6 is 0 Å². The molecule has 2 heteroatoms. The third-order valence-electron chi connectivity index (χ3n) is 3.37. The highest BCUT2D eigenvalue weighted by molar-refractivity contribution is 5.79. The molecule has 0 aliphatic heterocycles. The molecule has 0 spiro atoms. The molecule has 0 N–H and O–H groups in total. The molecule has 0 saturated carbocycles. The number of carbonyl (C=O) groups is 1. The molecule has 0 amide bonds. The third-order valence-corrected chi connectivity index (χ3v) is 3.37. The van der Waals surface area contributed by atoms with E-state index >= 15 is 0 Å². The summed E-state index contributed by atoms with van der Waals surface area (Å²) in [5.74, 6) is 0.251. The van der Waals surface area contributed by atoms with Gasteiger partial charge in [-0.3, -0.25) is 4.79 Å². The average Bonchev–Trinajstić information content (AvgIpc) is 2.29. The molecule has 2 nitrogen and oxygen atoms in total. The van der Waals surface area contributed by atoms with Crippen molar-refractivity contribution in [2.45, 2.75) is 32.6 Å². The maximum Gasteiger partial charge on any atom is 0.313 e. The third kappa shape index (κ3) is 1.97. The standard InChI is InChI=1S/C14H18O2/c1-3-16-14(15)13-10(2)8-9-11-6-4-5-7-12(11)13/h4-7,10,13H,3,8-9H2,1-2H3. The second-order valence-corrected chi connectivity index (χ2v) is 4.44. The van der Waals surface area contributed by atoms with E-state index in [1.54, 1.807) is 0 Å². The van der Waals surface area contributed by atoms with Gasteiger partial charge in [-0.05, 0) is 36.8 Å². The maximum absolute atomic E-state index is 11.9. The molecule has 1 aromatic rings. The predicted octanol–water partition coefficient (Wildman–Crippen LogP) is 2.92. The van der Waals surface area contributed by atoms with E-state index < -0.39 is 0 Å². The van der Waals surface area contributed by atoms with Gasteiger partial charge in [0.25, 0.3) is 0 Å². The number of carbonyl (C=O) groups excluding carboxylic acids is 1. The molecule has 0 aromatic heterocycles. The molecule has 86 valence electrons. The zero-order valence-electron chi connectivity index (χ0n) is 9.90. The number of rotatable bonds is 2.